The molecule has 0 aliphatic carbocycles. The van der Waals surface area contributed by atoms with Gasteiger partial charge >= 0.3 is 5.97 Å². The van der Waals surface area contributed by atoms with Gasteiger partial charge in [-0.2, -0.15) is 0 Å². The minimum absolute atomic E-state index is 0.0943. The van der Waals surface area contributed by atoms with E-state index in [0.29, 0.717) is 41.1 Å². The second kappa shape index (κ2) is 9.13. The molecule has 3 unspecified atom stereocenters. The number of carbonyl (C=O) groups excluding carboxylic acids is 2. The van der Waals surface area contributed by atoms with Crippen molar-refractivity contribution in [1.82, 2.24) is 10.2 Å². The van der Waals surface area contributed by atoms with E-state index in [0.717, 1.165) is 5.56 Å². The van der Waals surface area contributed by atoms with Crippen molar-refractivity contribution in [2.75, 3.05) is 32.2 Å². The minimum atomic E-state index is -1.15. The number of nitrogens with zero attached hydrogens (tertiary/aromatic N) is 2. The SMILES string of the molecule is CCOC(=O)c1ccc(N2C(=S)NC3c4cccc(OCC)c4OC2(C)C3C(=O)N(C)C)cc1. The second-order valence-corrected chi connectivity index (χ2v) is 8.89. The molecule has 1 N–H and O–H groups in total. The van der Waals surface area contributed by atoms with Crippen molar-refractivity contribution in [3.8, 4) is 11.5 Å². The lowest BCUT2D eigenvalue weighted by atomic mass is 9.78. The maximum absolute atomic E-state index is 13.5. The first-order chi connectivity index (χ1) is 16.2. The molecule has 2 bridgehead atoms. The summed E-state index contributed by atoms with van der Waals surface area (Å²) in [5.41, 5.74) is 0.780. The third kappa shape index (κ3) is 3.83. The van der Waals surface area contributed by atoms with Gasteiger partial charge in [0.25, 0.3) is 0 Å². The smallest absolute Gasteiger partial charge is 0.338 e. The first-order valence-corrected chi connectivity index (χ1v) is 11.7. The van der Waals surface area contributed by atoms with Gasteiger partial charge in [-0.25, -0.2) is 4.79 Å². The fourth-order valence-corrected chi connectivity index (χ4v) is 5.06. The van der Waals surface area contributed by atoms with E-state index in [9.17, 15) is 9.59 Å². The number of esters is 1. The van der Waals surface area contributed by atoms with E-state index >= 15 is 0 Å². The van der Waals surface area contributed by atoms with E-state index in [1.807, 2.05) is 32.0 Å². The molecule has 8 nitrogen and oxygen atoms in total. The van der Waals surface area contributed by atoms with Crippen LogP contribution in [0.1, 0.15) is 42.7 Å². The van der Waals surface area contributed by atoms with Crippen molar-refractivity contribution >= 4 is 34.9 Å². The Bertz CT molecular complexity index is 1120. The number of hydrogen-bond donors (Lipinski definition) is 1. The Labute approximate surface area is 204 Å². The summed E-state index contributed by atoms with van der Waals surface area (Å²) in [4.78, 5) is 29.0. The van der Waals surface area contributed by atoms with E-state index < -0.39 is 23.7 Å². The predicted molar refractivity (Wildman–Crippen MR) is 132 cm³/mol. The molecule has 0 radical (unpaired) electrons. The van der Waals surface area contributed by atoms with Crippen LogP contribution < -0.4 is 19.7 Å². The second-order valence-electron chi connectivity index (χ2n) is 8.50. The number of fused-ring (bicyclic) bond motifs is 4. The Hall–Kier alpha value is -3.33. The number of para-hydroxylation sites is 1. The summed E-state index contributed by atoms with van der Waals surface area (Å²) >= 11 is 5.77. The average Bonchev–Trinajstić information content (AvgIpc) is 2.79. The van der Waals surface area contributed by atoms with E-state index in [1.54, 1.807) is 55.1 Å². The zero-order valence-corrected chi connectivity index (χ0v) is 20.8. The number of carbonyl (C=O) groups is 2. The van der Waals surface area contributed by atoms with Crippen LogP contribution >= 0.6 is 12.2 Å². The van der Waals surface area contributed by atoms with Gasteiger partial charge in [-0.05, 0) is 63.3 Å². The summed E-state index contributed by atoms with van der Waals surface area (Å²) in [6.07, 6.45) is 0. The zero-order valence-electron chi connectivity index (χ0n) is 20.0. The highest BCUT2D eigenvalue weighted by molar-refractivity contribution is 7.80. The predicted octanol–water partition coefficient (Wildman–Crippen LogP) is 3.51. The van der Waals surface area contributed by atoms with E-state index in [-0.39, 0.29) is 5.91 Å². The molecule has 1 saturated heterocycles. The van der Waals surface area contributed by atoms with Crippen molar-refractivity contribution in [3.05, 3.63) is 53.6 Å². The van der Waals surface area contributed by atoms with Crippen LogP contribution in [0, 0.1) is 5.92 Å². The van der Waals surface area contributed by atoms with Gasteiger partial charge < -0.3 is 24.4 Å². The molecule has 2 aliphatic rings. The zero-order chi connectivity index (χ0) is 24.6. The lowest BCUT2D eigenvalue weighted by Crippen LogP contribution is -2.72. The summed E-state index contributed by atoms with van der Waals surface area (Å²) in [7, 11) is 3.45. The van der Waals surface area contributed by atoms with Gasteiger partial charge in [-0.3, -0.25) is 9.69 Å². The summed E-state index contributed by atoms with van der Waals surface area (Å²) in [5.74, 6) is 0.0953. The van der Waals surface area contributed by atoms with Crippen LogP contribution in [0.3, 0.4) is 0 Å². The Balaban J connectivity index is 1.84. The molecule has 3 atom stereocenters. The molecule has 0 saturated carbocycles. The number of rotatable bonds is 6. The Kier molecular flexibility index (Phi) is 6.40. The molecule has 9 heteroatoms. The number of anilines is 1. The molecule has 0 aromatic heterocycles. The molecule has 0 spiro atoms. The van der Waals surface area contributed by atoms with Gasteiger partial charge in [-0.15, -0.1) is 0 Å². The van der Waals surface area contributed by atoms with Gasteiger partial charge in [0, 0.05) is 25.3 Å². The van der Waals surface area contributed by atoms with Crippen molar-refractivity contribution in [2.24, 2.45) is 5.92 Å². The molecule has 34 heavy (non-hydrogen) atoms. The van der Waals surface area contributed by atoms with Crippen molar-refractivity contribution < 1.29 is 23.8 Å². The maximum Gasteiger partial charge on any atom is 0.338 e. The molecule has 4 rings (SSSR count). The monoisotopic (exact) mass is 483 g/mol. The molecule has 2 aromatic carbocycles. The normalized spacial score (nSPS) is 22.7. The number of amides is 1. The average molecular weight is 484 g/mol. The van der Waals surface area contributed by atoms with Gasteiger partial charge in [0.1, 0.15) is 5.92 Å². The molecular formula is C25H29N3O5S. The number of benzene rings is 2. The molecule has 1 fully saturated rings. The molecule has 2 aliphatic heterocycles. The van der Waals surface area contributed by atoms with Crippen molar-refractivity contribution in [3.63, 3.8) is 0 Å². The van der Waals surface area contributed by atoms with E-state index in [2.05, 4.69) is 5.32 Å². The number of thiocarbonyl (C=S) groups is 1. The quantitative estimate of drug-likeness (QED) is 0.494. The number of hydrogen-bond acceptors (Lipinski definition) is 6. The molecule has 2 aromatic rings. The van der Waals surface area contributed by atoms with Gasteiger partial charge in [-0.1, -0.05) is 12.1 Å². The van der Waals surface area contributed by atoms with E-state index in [1.165, 1.54) is 0 Å². The van der Waals surface area contributed by atoms with Crippen molar-refractivity contribution in [2.45, 2.75) is 32.5 Å². The minimum Gasteiger partial charge on any atom is -0.490 e. The molecule has 2 heterocycles. The standard InChI is InChI=1S/C25H29N3O5S/c1-6-31-18-10-8-9-17-20-19(22(29)27(4)5)25(3,33-21(17)18)28(24(34)26-20)16-13-11-15(12-14-16)23(30)32-7-2/h8-14,19-20H,6-7H2,1-5H3,(H,26,34). The van der Waals surface area contributed by atoms with Crippen LogP contribution in [0.25, 0.3) is 0 Å². The first-order valence-electron chi connectivity index (χ1n) is 11.3. The topological polar surface area (TPSA) is 80.3 Å². The Morgan fingerprint density at radius 2 is 1.85 bits per heavy atom. The summed E-state index contributed by atoms with van der Waals surface area (Å²) in [6, 6.07) is 12.2. The van der Waals surface area contributed by atoms with Gasteiger partial charge in [0.05, 0.1) is 24.8 Å². The van der Waals surface area contributed by atoms with Crippen LogP contribution in [-0.2, 0) is 9.53 Å². The number of ether oxygens (including phenoxy) is 3. The highest BCUT2D eigenvalue weighted by Gasteiger charge is 2.60. The maximum atomic E-state index is 13.5. The summed E-state index contributed by atoms with van der Waals surface area (Å²) in [6.45, 7) is 6.31. The third-order valence-corrected chi connectivity index (χ3v) is 6.43. The van der Waals surface area contributed by atoms with Crippen LogP contribution in [0.2, 0.25) is 0 Å². The largest absolute Gasteiger partial charge is 0.490 e. The molecule has 180 valence electrons. The molecule has 1 amide bonds. The fourth-order valence-electron chi connectivity index (χ4n) is 4.64. The van der Waals surface area contributed by atoms with E-state index in [4.69, 9.17) is 26.4 Å². The van der Waals surface area contributed by atoms with Crippen molar-refractivity contribution in [1.29, 1.82) is 0 Å². The van der Waals surface area contributed by atoms with Crippen LogP contribution in [-0.4, -0.2) is 54.9 Å². The number of nitrogens with one attached hydrogen (secondary N) is 1. The van der Waals surface area contributed by atoms with Gasteiger partial charge in [0.15, 0.2) is 22.3 Å². The fraction of sp³-hybridized carbons (Fsp3) is 0.400. The van der Waals surface area contributed by atoms with Crippen LogP contribution in [0.4, 0.5) is 5.69 Å². The Morgan fingerprint density at radius 1 is 1.15 bits per heavy atom. The van der Waals surface area contributed by atoms with Gasteiger partial charge in [0.2, 0.25) is 5.91 Å². The molecular weight excluding hydrogens is 454 g/mol. The highest BCUT2D eigenvalue weighted by Crippen LogP contribution is 2.52. The third-order valence-electron chi connectivity index (χ3n) is 6.13. The lowest BCUT2D eigenvalue weighted by molar-refractivity contribution is -0.144. The Morgan fingerprint density at radius 3 is 2.47 bits per heavy atom. The summed E-state index contributed by atoms with van der Waals surface area (Å²) in [5, 5.41) is 3.80. The highest BCUT2D eigenvalue weighted by atomic mass is 32.1. The summed E-state index contributed by atoms with van der Waals surface area (Å²) < 4.78 is 17.6. The first kappa shape index (κ1) is 23.8. The van der Waals surface area contributed by atoms with Crippen LogP contribution in [0.5, 0.6) is 11.5 Å². The van der Waals surface area contributed by atoms with Crippen LogP contribution in [0.15, 0.2) is 42.5 Å². The lowest BCUT2D eigenvalue weighted by Gasteiger charge is -2.56.